The van der Waals surface area contributed by atoms with Gasteiger partial charge in [-0.3, -0.25) is 10.1 Å². The maximum atomic E-state index is 10.9. The summed E-state index contributed by atoms with van der Waals surface area (Å²) in [5.41, 5.74) is 6.63. The molecule has 7 nitrogen and oxygen atoms in total. The molecule has 3 N–H and O–H groups in total. The van der Waals surface area contributed by atoms with Gasteiger partial charge in [-0.1, -0.05) is 17.7 Å². The molecule has 0 atom stereocenters. The van der Waals surface area contributed by atoms with Gasteiger partial charge in [-0.25, -0.2) is 9.97 Å². The summed E-state index contributed by atoms with van der Waals surface area (Å²) >= 11 is 5.93. The number of nitrogens with one attached hydrogen (secondary N) is 1. The molecule has 0 aliphatic carbocycles. The second-order valence-corrected chi connectivity index (χ2v) is 4.18. The molecular weight excluding hydrogens is 270 g/mol. The largest absolute Gasteiger partial charge is 0.382 e. The summed E-state index contributed by atoms with van der Waals surface area (Å²) in [5.74, 6) is 0.438. The van der Waals surface area contributed by atoms with Crippen molar-refractivity contribution in [3.63, 3.8) is 0 Å². The van der Waals surface area contributed by atoms with Crippen LogP contribution in [0.1, 0.15) is 5.56 Å². The Hall–Kier alpha value is -2.41. The second-order valence-electron chi connectivity index (χ2n) is 3.80. The highest BCUT2D eigenvalue weighted by Gasteiger charge is 2.12. The van der Waals surface area contributed by atoms with Crippen LogP contribution in [0.4, 0.5) is 23.0 Å². The highest BCUT2D eigenvalue weighted by molar-refractivity contribution is 6.35. The predicted molar refractivity (Wildman–Crippen MR) is 72.6 cm³/mol. The summed E-state index contributed by atoms with van der Waals surface area (Å²) in [6, 6.07) is 4.74. The zero-order chi connectivity index (χ0) is 14.0. The van der Waals surface area contributed by atoms with Gasteiger partial charge in [0, 0.05) is 17.3 Å². The summed E-state index contributed by atoms with van der Waals surface area (Å²) in [4.78, 5) is 18.1. The van der Waals surface area contributed by atoms with Gasteiger partial charge in [0.1, 0.15) is 17.2 Å². The molecule has 0 spiro atoms. The van der Waals surface area contributed by atoms with Crippen LogP contribution in [-0.4, -0.2) is 14.9 Å². The van der Waals surface area contributed by atoms with Gasteiger partial charge in [-0.2, -0.15) is 0 Å². The van der Waals surface area contributed by atoms with E-state index in [0.717, 1.165) is 0 Å². The lowest BCUT2D eigenvalue weighted by Gasteiger charge is -2.08. The molecule has 98 valence electrons. The monoisotopic (exact) mass is 279 g/mol. The lowest BCUT2D eigenvalue weighted by atomic mass is 10.2. The number of anilines is 3. The molecule has 0 saturated carbocycles. The van der Waals surface area contributed by atoms with Crippen molar-refractivity contribution in [1.29, 1.82) is 0 Å². The average Bonchev–Trinajstić information content (AvgIpc) is 2.37. The third-order valence-corrected chi connectivity index (χ3v) is 2.86. The van der Waals surface area contributed by atoms with Crippen molar-refractivity contribution in [2.45, 2.75) is 6.92 Å². The summed E-state index contributed by atoms with van der Waals surface area (Å²) < 4.78 is 0. The molecule has 1 heterocycles. The first-order chi connectivity index (χ1) is 8.99. The van der Waals surface area contributed by atoms with Crippen LogP contribution in [-0.2, 0) is 0 Å². The molecule has 0 amide bonds. The minimum absolute atomic E-state index is 0.0168. The number of benzene rings is 1. The molecule has 1 aromatic carbocycles. The fourth-order valence-corrected chi connectivity index (χ4v) is 1.64. The van der Waals surface area contributed by atoms with Gasteiger partial charge in [0.2, 0.25) is 0 Å². The van der Waals surface area contributed by atoms with Gasteiger partial charge >= 0.3 is 0 Å². The lowest BCUT2D eigenvalue weighted by molar-refractivity contribution is -0.385. The van der Waals surface area contributed by atoms with Crippen LogP contribution in [0.25, 0.3) is 0 Å². The number of aromatic nitrogens is 2. The molecule has 0 aliphatic heterocycles. The minimum Gasteiger partial charge on any atom is -0.382 e. The van der Waals surface area contributed by atoms with E-state index in [1.165, 1.54) is 12.4 Å². The second kappa shape index (κ2) is 5.07. The average molecular weight is 280 g/mol. The molecule has 0 unspecified atom stereocenters. The molecule has 8 heteroatoms. The van der Waals surface area contributed by atoms with E-state index in [9.17, 15) is 10.1 Å². The van der Waals surface area contributed by atoms with Crippen molar-refractivity contribution in [2.75, 3.05) is 11.1 Å². The molecule has 2 aromatic rings. The Morgan fingerprint density at radius 1 is 1.42 bits per heavy atom. The van der Waals surface area contributed by atoms with Gasteiger partial charge < -0.3 is 11.1 Å². The Kier molecular flexibility index (Phi) is 3.48. The zero-order valence-electron chi connectivity index (χ0n) is 9.92. The van der Waals surface area contributed by atoms with Gasteiger partial charge in [0.25, 0.3) is 5.69 Å². The van der Waals surface area contributed by atoms with E-state index in [1.54, 1.807) is 19.1 Å². The van der Waals surface area contributed by atoms with E-state index >= 15 is 0 Å². The topological polar surface area (TPSA) is 107 Å². The summed E-state index contributed by atoms with van der Waals surface area (Å²) in [6.07, 6.45) is 1.26. The zero-order valence-corrected chi connectivity index (χ0v) is 10.7. The van der Waals surface area contributed by atoms with Crippen molar-refractivity contribution in [3.8, 4) is 0 Å². The van der Waals surface area contributed by atoms with Gasteiger partial charge in [0.15, 0.2) is 5.82 Å². The highest BCUT2D eigenvalue weighted by Crippen LogP contribution is 2.29. The number of hydrogen-bond donors (Lipinski definition) is 2. The highest BCUT2D eigenvalue weighted by atomic mass is 35.5. The Bertz CT molecular complexity index is 647. The Balaban J connectivity index is 2.36. The Labute approximate surface area is 113 Å². The number of aryl methyl sites for hydroxylation is 1. The summed E-state index contributed by atoms with van der Waals surface area (Å²) in [5, 5.41) is 13.9. The van der Waals surface area contributed by atoms with E-state index in [1.807, 2.05) is 0 Å². The molecule has 2 rings (SSSR count). The number of rotatable bonds is 3. The molecule has 0 aliphatic rings. The van der Waals surface area contributed by atoms with E-state index < -0.39 is 4.92 Å². The van der Waals surface area contributed by atoms with Gasteiger partial charge in [-0.05, 0) is 13.0 Å². The van der Waals surface area contributed by atoms with E-state index in [-0.39, 0.29) is 16.5 Å². The van der Waals surface area contributed by atoms with E-state index in [4.69, 9.17) is 17.3 Å². The first kappa shape index (κ1) is 13.0. The maximum Gasteiger partial charge on any atom is 0.274 e. The number of nitro groups is 1. The molecule has 19 heavy (non-hydrogen) atoms. The number of nitrogen functional groups attached to an aromatic ring is 1. The fourth-order valence-electron chi connectivity index (χ4n) is 1.49. The number of nitro benzene ring substituents is 1. The van der Waals surface area contributed by atoms with Crippen molar-refractivity contribution in [1.82, 2.24) is 9.97 Å². The van der Waals surface area contributed by atoms with Crippen molar-refractivity contribution < 1.29 is 4.92 Å². The standard InChI is InChI=1S/C11H10ClN5O2/c1-6-2-3-7(4-8(6)17(18)19)16-11-9(12)10(13)14-5-15-11/h2-5H,1H3,(H3,13,14,15,16). The molecule has 1 aromatic heterocycles. The van der Waals surface area contributed by atoms with Gasteiger partial charge in [-0.15, -0.1) is 0 Å². The predicted octanol–water partition coefficient (Wildman–Crippen LogP) is 2.67. The Morgan fingerprint density at radius 3 is 2.84 bits per heavy atom. The van der Waals surface area contributed by atoms with Crippen molar-refractivity contribution >= 4 is 34.6 Å². The molecule has 0 radical (unpaired) electrons. The number of hydrogen-bond acceptors (Lipinski definition) is 6. The van der Waals surface area contributed by atoms with Crippen LogP contribution in [0.5, 0.6) is 0 Å². The lowest BCUT2D eigenvalue weighted by Crippen LogP contribution is -2.00. The summed E-state index contributed by atoms with van der Waals surface area (Å²) in [7, 11) is 0. The van der Waals surface area contributed by atoms with Crippen molar-refractivity contribution in [2.24, 2.45) is 0 Å². The molecular formula is C11H10ClN5O2. The number of nitrogens with two attached hydrogens (primary N) is 1. The first-order valence-electron chi connectivity index (χ1n) is 5.27. The first-order valence-corrected chi connectivity index (χ1v) is 5.65. The quantitative estimate of drug-likeness (QED) is 0.661. The van der Waals surface area contributed by atoms with E-state index in [0.29, 0.717) is 17.1 Å². The SMILES string of the molecule is Cc1ccc(Nc2ncnc(N)c2Cl)cc1[N+](=O)[O-]. The Morgan fingerprint density at radius 2 is 2.16 bits per heavy atom. The van der Waals surface area contributed by atoms with Crippen molar-refractivity contribution in [3.05, 3.63) is 45.2 Å². The third-order valence-electron chi connectivity index (χ3n) is 2.49. The van der Waals surface area contributed by atoms with Gasteiger partial charge in [0.05, 0.1) is 4.92 Å². The van der Waals surface area contributed by atoms with Crippen LogP contribution in [0.2, 0.25) is 5.02 Å². The number of halogens is 1. The van der Waals surface area contributed by atoms with Crippen LogP contribution in [0.15, 0.2) is 24.5 Å². The van der Waals surface area contributed by atoms with Crippen LogP contribution < -0.4 is 11.1 Å². The summed E-state index contributed by atoms with van der Waals surface area (Å²) in [6.45, 7) is 1.66. The smallest absolute Gasteiger partial charge is 0.274 e. The molecule has 0 bridgehead atoms. The minimum atomic E-state index is -0.448. The fraction of sp³-hybridized carbons (Fsp3) is 0.0909. The van der Waals surface area contributed by atoms with E-state index in [2.05, 4.69) is 15.3 Å². The normalized spacial score (nSPS) is 10.2. The molecule has 0 fully saturated rings. The van der Waals surface area contributed by atoms with Crippen LogP contribution >= 0.6 is 11.6 Å². The van der Waals surface area contributed by atoms with Crippen LogP contribution in [0, 0.1) is 17.0 Å². The third kappa shape index (κ3) is 2.71. The van der Waals surface area contributed by atoms with Crippen LogP contribution in [0.3, 0.4) is 0 Å². The molecule has 0 saturated heterocycles. The maximum absolute atomic E-state index is 10.9. The number of nitrogens with zero attached hydrogens (tertiary/aromatic N) is 3.